The number of imidazole rings is 1. The van der Waals surface area contributed by atoms with Crippen LogP contribution in [-0.4, -0.2) is 20.2 Å². The fraction of sp³-hybridized carbons (Fsp3) is 0. The molecule has 3 aromatic rings. The van der Waals surface area contributed by atoms with Gasteiger partial charge in [-0.2, -0.15) is 5.10 Å². The van der Waals surface area contributed by atoms with Gasteiger partial charge in [-0.25, -0.2) is 9.37 Å². The molecule has 2 heterocycles. The van der Waals surface area contributed by atoms with E-state index in [4.69, 9.17) is 0 Å². The lowest BCUT2D eigenvalue weighted by atomic mass is 10.3. The second-order valence-electron chi connectivity index (χ2n) is 3.22. The summed E-state index contributed by atoms with van der Waals surface area (Å²) in [5, 5.41) is 6.62. The van der Waals surface area contributed by atoms with Crippen LogP contribution in [0, 0.1) is 5.82 Å². The maximum absolute atomic E-state index is 12.9. The van der Waals surface area contributed by atoms with Gasteiger partial charge in [-0.1, -0.05) is 0 Å². The van der Waals surface area contributed by atoms with Crippen molar-refractivity contribution in [2.75, 3.05) is 0 Å². The molecule has 0 saturated heterocycles. The Hall–Kier alpha value is -2.17. The van der Waals surface area contributed by atoms with E-state index in [1.54, 1.807) is 18.3 Å². The lowest BCUT2D eigenvalue weighted by molar-refractivity contribution is 0.629. The van der Waals surface area contributed by atoms with Gasteiger partial charge in [0.2, 0.25) is 0 Å². The van der Waals surface area contributed by atoms with Crippen LogP contribution in [-0.2, 0) is 0 Å². The molecule has 15 heavy (non-hydrogen) atoms. The van der Waals surface area contributed by atoms with E-state index < -0.39 is 0 Å². The average Bonchev–Trinajstić information content (AvgIpc) is 2.84. The van der Waals surface area contributed by atoms with Gasteiger partial charge >= 0.3 is 0 Å². The normalized spacial score (nSPS) is 11.0. The van der Waals surface area contributed by atoms with Crippen LogP contribution < -0.4 is 0 Å². The lowest BCUT2D eigenvalue weighted by Gasteiger charge is -1.87. The Balaban J connectivity index is 2.22. The van der Waals surface area contributed by atoms with Gasteiger partial charge in [0.1, 0.15) is 11.5 Å². The highest BCUT2D eigenvalue weighted by atomic mass is 19.1. The molecule has 0 bridgehead atoms. The van der Waals surface area contributed by atoms with Gasteiger partial charge in [0.05, 0.1) is 11.0 Å². The SMILES string of the molecule is Fc1ccc2nc(-c3ccn[nH]3)[nH]c2c1. The maximum atomic E-state index is 12.9. The van der Waals surface area contributed by atoms with E-state index in [1.807, 2.05) is 0 Å². The molecule has 3 rings (SSSR count). The number of fused-ring (bicyclic) bond motifs is 1. The molecule has 2 aromatic heterocycles. The van der Waals surface area contributed by atoms with E-state index in [0.29, 0.717) is 11.3 Å². The van der Waals surface area contributed by atoms with Crippen LogP contribution in [0.25, 0.3) is 22.6 Å². The minimum absolute atomic E-state index is 0.276. The number of halogens is 1. The zero-order valence-electron chi connectivity index (χ0n) is 7.66. The summed E-state index contributed by atoms with van der Waals surface area (Å²) < 4.78 is 12.9. The Morgan fingerprint density at radius 2 is 2.13 bits per heavy atom. The van der Waals surface area contributed by atoms with Gasteiger partial charge in [0, 0.05) is 6.20 Å². The first-order valence-corrected chi connectivity index (χ1v) is 4.48. The van der Waals surface area contributed by atoms with Crippen LogP contribution in [0.3, 0.4) is 0 Å². The summed E-state index contributed by atoms with van der Waals surface area (Å²) in [5.41, 5.74) is 2.20. The summed E-state index contributed by atoms with van der Waals surface area (Å²) in [6.45, 7) is 0. The molecule has 0 aliphatic heterocycles. The van der Waals surface area contributed by atoms with Gasteiger partial charge < -0.3 is 4.98 Å². The monoisotopic (exact) mass is 202 g/mol. The molecule has 5 heteroatoms. The van der Waals surface area contributed by atoms with E-state index in [0.717, 1.165) is 11.2 Å². The average molecular weight is 202 g/mol. The molecular weight excluding hydrogens is 195 g/mol. The molecule has 0 atom stereocenters. The topological polar surface area (TPSA) is 57.4 Å². The van der Waals surface area contributed by atoms with Gasteiger partial charge in [0.25, 0.3) is 0 Å². The van der Waals surface area contributed by atoms with E-state index in [2.05, 4.69) is 20.2 Å². The fourth-order valence-electron chi connectivity index (χ4n) is 1.50. The Kier molecular flexibility index (Phi) is 1.58. The van der Waals surface area contributed by atoms with Crippen molar-refractivity contribution in [3.63, 3.8) is 0 Å². The minimum Gasteiger partial charge on any atom is -0.337 e. The van der Waals surface area contributed by atoms with Crippen LogP contribution >= 0.6 is 0 Å². The van der Waals surface area contributed by atoms with E-state index in [-0.39, 0.29) is 5.82 Å². The summed E-state index contributed by atoms with van der Waals surface area (Å²) in [7, 11) is 0. The van der Waals surface area contributed by atoms with Crippen LogP contribution in [0.2, 0.25) is 0 Å². The highest BCUT2D eigenvalue weighted by Crippen LogP contribution is 2.18. The quantitative estimate of drug-likeness (QED) is 0.634. The molecule has 2 N–H and O–H groups in total. The number of rotatable bonds is 1. The van der Waals surface area contributed by atoms with Crippen LogP contribution in [0.4, 0.5) is 4.39 Å². The summed E-state index contributed by atoms with van der Waals surface area (Å²) in [4.78, 5) is 7.32. The van der Waals surface area contributed by atoms with E-state index in [9.17, 15) is 4.39 Å². The second kappa shape index (κ2) is 2.91. The maximum Gasteiger partial charge on any atom is 0.156 e. The first kappa shape index (κ1) is 8.16. The van der Waals surface area contributed by atoms with E-state index in [1.165, 1.54) is 12.1 Å². The van der Waals surface area contributed by atoms with Crippen LogP contribution in [0.1, 0.15) is 0 Å². The number of aromatic nitrogens is 4. The molecule has 1 aromatic carbocycles. The largest absolute Gasteiger partial charge is 0.337 e. The molecule has 0 spiro atoms. The molecule has 0 amide bonds. The Morgan fingerprint density at radius 1 is 1.20 bits per heavy atom. The number of H-pyrrole nitrogens is 2. The van der Waals surface area contributed by atoms with Crippen molar-refractivity contribution in [1.29, 1.82) is 0 Å². The molecule has 0 fully saturated rings. The van der Waals surface area contributed by atoms with Crippen molar-refractivity contribution in [3.8, 4) is 11.5 Å². The number of aromatic amines is 2. The number of benzene rings is 1. The first-order chi connectivity index (χ1) is 7.33. The summed E-state index contributed by atoms with van der Waals surface area (Å²) in [6.07, 6.45) is 1.64. The van der Waals surface area contributed by atoms with Crippen molar-refractivity contribution in [3.05, 3.63) is 36.3 Å². The predicted molar refractivity (Wildman–Crippen MR) is 53.6 cm³/mol. The molecular formula is C10H7FN4. The third-order valence-corrected chi connectivity index (χ3v) is 2.20. The summed E-state index contributed by atoms with van der Waals surface area (Å²) in [6, 6.07) is 6.25. The number of nitrogens with zero attached hydrogens (tertiary/aromatic N) is 2. The highest BCUT2D eigenvalue weighted by molar-refractivity contribution is 5.78. The van der Waals surface area contributed by atoms with Gasteiger partial charge in [0.15, 0.2) is 5.82 Å². The highest BCUT2D eigenvalue weighted by Gasteiger charge is 2.06. The number of nitrogens with one attached hydrogen (secondary N) is 2. The molecule has 0 aliphatic carbocycles. The molecule has 74 valence electrons. The van der Waals surface area contributed by atoms with Gasteiger partial charge in [-0.05, 0) is 24.3 Å². The fourth-order valence-corrected chi connectivity index (χ4v) is 1.50. The summed E-state index contributed by atoms with van der Waals surface area (Å²) >= 11 is 0. The molecule has 0 unspecified atom stereocenters. The third kappa shape index (κ3) is 1.28. The zero-order chi connectivity index (χ0) is 10.3. The van der Waals surface area contributed by atoms with Crippen molar-refractivity contribution < 1.29 is 4.39 Å². The molecule has 0 radical (unpaired) electrons. The number of hydrogen-bond donors (Lipinski definition) is 2. The third-order valence-electron chi connectivity index (χ3n) is 2.20. The molecule has 0 saturated carbocycles. The predicted octanol–water partition coefficient (Wildman–Crippen LogP) is 2.09. The van der Waals surface area contributed by atoms with Gasteiger partial charge in [-0.15, -0.1) is 0 Å². The standard InChI is InChI=1S/C10H7FN4/c11-6-1-2-7-9(5-6)14-10(13-7)8-3-4-12-15-8/h1-5H,(H,12,15)(H,13,14). The van der Waals surface area contributed by atoms with Crippen molar-refractivity contribution >= 4 is 11.0 Å². The Labute approximate surface area is 84.2 Å². The van der Waals surface area contributed by atoms with Crippen LogP contribution in [0.15, 0.2) is 30.5 Å². The lowest BCUT2D eigenvalue weighted by Crippen LogP contribution is -1.79. The second-order valence-corrected chi connectivity index (χ2v) is 3.22. The van der Waals surface area contributed by atoms with Crippen molar-refractivity contribution in [2.45, 2.75) is 0 Å². The first-order valence-electron chi connectivity index (χ1n) is 4.48. The van der Waals surface area contributed by atoms with Crippen molar-refractivity contribution in [1.82, 2.24) is 20.2 Å². The number of hydrogen-bond acceptors (Lipinski definition) is 2. The molecule has 0 aliphatic rings. The molecule has 4 nitrogen and oxygen atoms in total. The summed E-state index contributed by atoms with van der Waals surface area (Å²) in [5.74, 6) is 0.385. The zero-order valence-corrected chi connectivity index (χ0v) is 7.66. The smallest absolute Gasteiger partial charge is 0.156 e. The Bertz CT molecular complexity index is 597. The van der Waals surface area contributed by atoms with Gasteiger partial charge in [-0.3, -0.25) is 5.10 Å². The minimum atomic E-state index is -0.276. The van der Waals surface area contributed by atoms with E-state index >= 15 is 0 Å². The van der Waals surface area contributed by atoms with Crippen molar-refractivity contribution in [2.24, 2.45) is 0 Å². The Morgan fingerprint density at radius 3 is 2.93 bits per heavy atom. The van der Waals surface area contributed by atoms with Crippen LogP contribution in [0.5, 0.6) is 0 Å².